The SMILES string of the molecule is COc1ccc(-c2cc(C(N)=O)c3[nH]c4cc(C(=O)N[C@H]5CC[C@H](N)CC5)ccc4c3c2)cc1F. The number of amides is 2. The minimum Gasteiger partial charge on any atom is -0.494 e. The van der Waals surface area contributed by atoms with Gasteiger partial charge in [0, 0.05) is 33.9 Å². The second kappa shape index (κ2) is 9.03. The molecule has 1 aromatic heterocycles. The first-order valence-electron chi connectivity index (χ1n) is 11.6. The molecule has 6 N–H and O–H groups in total. The van der Waals surface area contributed by atoms with Crippen LogP contribution in [-0.2, 0) is 0 Å². The fourth-order valence-electron chi connectivity index (χ4n) is 4.89. The zero-order valence-electron chi connectivity index (χ0n) is 19.4. The third-order valence-electron chi connectivity index (χ3n) is 6.83. The van der Waals surface area contributed by atoms with Gasteiger partial charge in [-0.25, -0.2) is 4.39 Å². The van der Waals surface area contributed by atoms with E-state index in [1.165, 1.54) is 13.2 Å². The lowest BCUT2D eigenvalue weighted by Gasteiger charge is -2.26. The fraction of sp³-hybridized carbons (Fsp3) is 0.259. The summed E-state index contributed by atoms with van der Waals surface area (Å²) in [5, 5.41) is 4.69. The van der Waals surface area contributed by atoms with Crippen LogP contribution in [0.1, 0.15) is 46.4 Å². The molecule has 4 aromatic rings. The molecule has 2 amide bonds. The second-order valence-corrected chi connectivity index (χ2v) is 9.13. The smallest absolute Gasteiger partial charge is 0.251 e. The van der Waals surface area contributed by atoms with Gasteiger partial charge >= 0.3 is 0 Å². The summed E-state index contributed by atoms with van der Waals surface area (Å²) in [6.07, 6.45) is 3.56. The molecule has 1 heterocycles. The van der Waals surface area contributed by atoms with Crippen LogP contribution in [0.15, 0.2) is 48.5 Å². The number of nitrogens with one attached hydrogen (secondary N) is 2. The van der Waals surface area contributed by atoms with Gasteiger partial charge < -0.3 is 26.5 Å². The summed E-state index contributed by atoms with van der Waals surface area (Å²) in [5.41, 5.74) is 15.0. The third-order valence-corrected chi connectivity index (χ3v) is 6.83. The highest BCUT2D eigenvalue weighted by atomic mass is 19.1. The van der Waals surface area contributed by atoms with Gasteiger partial charge in [0.15, 0.2) is 11.6 Å². The lowest BCUT2D eigenvalue weighted by molar-refractivity contribution is 0.0925. The van der Waals surface area contributed by atoms with Crippen LogP contribution in [-0.4, -0.2) is 36.0 Å². The van der Waals surface area contributed by atoms with Crippen LogP contribution in [0.3, 0.4) is 0 Å². The average Bonchev–Trinajstić information content (AvgIpc) is 3.22. The number of benzene rings is 3. The van der Waals surface area contributed by atoms with E-state index in [9.17, 15) is 14.0 Å². The first kappa shape index (κ1) is 22.9. The Hall–Kier alpha value is -3.91. The Labute approximate surface area is 201 Å². The van der Waals surface area contributed by atoms with Crippen LogP contribution in [0, 0.1) is 5.82 Å². The largest absolute Gasteiger partial charge is 0.494 e. The van der Waals surface area contributed by atoms with Crippen molar-refractivity contribution >= 4 is 33.6 Å². The first-order chi connectivity index (χ1) is 16.8. The highest BCUT2D eigenvalue weighted by Gasteiger charge is 2.21. The number of fused-ring (bicyclic) bond motifs is 3. The molecule has 1 fully saturated rings. The number of hydrogen-bond donors (Lipinski definition) is 4. The van der Waals surface area contributed by atoms with E-state index in [2.05, 4.69) is 10.3 Å². The fourth-order valence-corrected chi connectivity index (χ4v) is 4.89. The predicted octanol–water partition coefficient (Wildman–Crippen LogP) is 4.23. The highest BCUT2D eigenvalue weighted by molar-refractivity contribution is 6.17. The van der Waals surface area contributed by atoms with Crippen LogP contribution in [0.5, 0.6) is 5.75 Å². The molecule has 35 heavy (non-hydrogen) atoms. The quantitative estimate of drug-likeness (QED) is 0.346. The van der Waals surface area contributed by atoms with Gasteiger partial charge in [-0.15, -0.1) is 0 Å². The maximum Gasteiger partial charge on any atom is 0.251 e. The minimum atomic E-state index is -0.606. The Balaban J connectivity index is 1.54. The van der Waals surface area contributed by atoms with E-state index in [0.717, 1.165) is 36.5 Å². The molecular formula is C27H27FN4O3. The molecule has 0 aliphatic heterocycles. The van der Waals surface area contributed by atoms with Crippen LogP contribution >= 0.6 is 0 Å². The maximum atomic E-state index is 14.3. The van der Waals surface area contributed by atoms with Gasteiger partial charge in [0.2, 0.25) is 0 Å². The van der Waals surface area contributed by atoms with Gasteiger partial charge in [-0.3, -0.25) is 9.59 Å². The van der Waals surface area contributed by atoms with Crippen molar-refractivity contribution in [1.82, 2.24) is 10.3 Å². The van der Waals surface area contributed by atoms with Crippen molar-refractivity contribution in [2.75, 3.05) is 7.11 Å². The van der Waals surface area contributed by atoms with Crippen LogP contribution < -0.4 is 21.5 Å². The van der Waals surface area contributed by atoms with Gasteiger partial charge in [-0.2, -0.15) is 0 Å². The number of carbonyl (C=O) groups excluding carboxylic acids is 2. The number of halogens is 1. The van der Waals surface area contributed by atoms with E-state index in [-0.39, 0.29) is 29.3 Å². The summed E-state index contributed by atoms with van der Waals surface area (Å²) in [7, 11) is 1.40. The summed E-state index contributed by atoms with van der Waals surface area (Å²) in [6.45, 7) is 0. The topological polar surface area (TPSA) is 123 Å². The Kier molecular flexibility index (Phi) is 5.90. The molecule has 1 saturated carbocycles. The van der Waals surface area contributed by atoms with Crippen molar-refractivity contribution in [2.45, 2.75) is 37.8 Å². The maximum absolute atomic E-state index is 14.3. The van der Waals surface area contributed by atoms with E-state index in [1.807, 2.05) is 12.1 Å². The van der Waals surface area contributed by atoms with E-state index < -0.39 is 11.7 Å². The van der Waals surface area contributed by atoms with Gasteiger partial charge in [-0.1, -0.05) is 12.1 Å². The lowest BCUT2D eigenvalue weighted by Crippen LogP contribution is -2.40. The molecule has 0 radical (unpaired) electrons. The van der Waals surface area contributed by atoms with Crippen molar-refractivity contribution in [3.05, 3.63) is 65.5 Å². The molecule has 0 bridgehead atoms. The summed E-state index contributed by atoms with van der Waals surface area (Å²) < 4.78 is 19.3. The molecule has 180 valence electrons. The normalized spacial score (nSPS) is 18.0. The number of H-pyrrole nitrogens is 1. The number of aromatic amines is 1. The molecule has 1 aliphatic carbocycles. The Morgan fingerprint density at radius 1 is 1.00 bits per heavy atom. The van der Waals surface area contributed by atoms with Gasteiger partial charge in [0.1, 0.15) is 0 Å². The van der Waals surface area contributed by atoms with E-state index in [1.54, 1.807) is 30.3 Å². The Bertz CT molecular complexity index is 1450. The highest BCUT2D eigenvalue weighted by Crippen LogP contribution is 2.34. The van der Waals surface area contributed by atoms with Crippen molar-refractivity contribution in [1.29, 1.82) is 0 Å². The van der Waals surface area contributed by atoms with Gasteiger partial charge in [0.25, 0.3) is 11.8 Å². The predicted molar refractivity (Wildman–Crippen MR) is 134 cm³/mol. The molecule has 0 atom stereocenters. The average molecular weight is 475 g/mol. The molecule has 0 spiro atoms. The molecule has 0 unspecified atom stereocenters. The first-order valence-corrected chi connectivity index (χ1v) is 11.6. The number of nitrogens with two attached hydrogens (primary N) is 2. The van der Waals surface area contributed by atoms with Crippen LogP contribution in [0.2, 0.25) is 0 Å². The summed E-state index contributed by atoms with van der Waals surface area (Å²) in [4.78, 5) is 28.4. The van der Waals surface area contributed by atoms with Gasteiger partial charge in [-0.05, 0) is 73.2 Å². The Morgan fingerprint density at radius 3 is 2.46 bits per heavy atom. The summed E-state index contributed by atoms with van der Waals surface area (Å²) in [6, 6.07) is 13.9. The van der Waals surface area contributed by atoms with Crippen molar-refractivity contribution < 1.29 is 18.7 Å². The monoisotopic (exact) mass is 474 g/mol. The third kappa shape index (κ3) is 4.33. The lowest BCUT2D eigenvalue weighted by atomic mass is 9.91. The minimum absolute atomic E-state index is 0.120. The number of carbonyl (C=O) groups is 2. The van der Waals surface area contributed by atoms with E-state index >= 15 is 0 Å². The van der Waals surface area contributed by atoms with Crippen LogP contribution in [0.25, 0.3) is 32.9 Å². The summed E-state index contributed by atoms with van der Waals surface area (Å²) in [5.74, 6) is -1.11. The van der Waals surface area contributed by atoms with E-state index in [4.69, 9.17) is 16.2 Å². The Morgan fingerprint density at radius 2 is 1.77 bits per heavy atom. The van der Waals surface area contributed by atoms with Crippen molar-refractivity contribution in [3.8, 4) is 16.9 Å². The number of primary amides is 1. The molecule has 1 aliphatic rings. The molecular weight excluding hydrogens is 447 g/mol. The standard InChI is InChI=1S/C27H27FN4O3/c1-35-24-9-3-14(12-22(24)28)16-10-20-19-8-2-15(27(34)31-18-6-4-17(29)5-7-18)13-23(19)32-25(20)21(11-16)26(30)33/h2-3,8-13,17-18,32H,4-7,29H2,1H3,(H2,30,33)(H,31,34)/t17-,18-. The van der Waals surface area contributed by atoms with Crippen LogP contribution in [0.4, 0.5) is 4.39 Å². The van der Waals surface area contributed by atoms with Gasteiger partial charge in [0.05, 0.1) is 18.2 Å². The van der Waals surface area contributed by atoms with Crippen molar-refractivity contribution in [3.63, 3.8) is 0 Å². The number of ether oxygens (including phenoxy) is 1. The number of aromatic nitrogens is 1. The second-order valence-electron chi connectivity index (χ2n) is 9.13. The molecule has 7 nitrogen and oxygen atoms in total. The van der Waals surface area contributed by atoms with E-state index in [0.29, 0.717) is 27.7 Å². The zero-order chi connectivity index (χ0) is 24.7. The molecule has 8 heteroatoms. The number of methoxy groups -OCH3 is 1. The number of hydrogen-bond acceptors (Lipinski definition) is 4. The molecule has 5 rings (SSSR count). The zero-order valence-corrected chi connectivity index (χ0v) is 19.4. The molecule has 0 saturated heterocycles. The summed E-state index contributed by atoms with van der Waals surface area (Å²) >= 11 is 0. The van der Waals surface area contributed by atoms with Crippen molar-refractivity contribution in [2.24, 2.45) is 11.5 Å². The molecule has 3 aromatic carbocycles. The number of rotatable bonds is 5.